The van der Waals surface area contributed by atoms with Crippen LogP contribution >= 0.6 is 0 Å². The molecule has 0 amide bonds. The second-order valence-electron chi connectivity index (χ2n) is 14.7. The number of ether oxygens (including phenoxy) is 2. The van der Waals surface area contributed by atoms with Crippen LogP contribution in [0, 0.1) is 5.92 Å². The van der Waals surface area contributed by atoms with E-state index in [1.807, 2.05) is 44.2 Å². The van der Waals surface area contributed by atoms with E-state index in [1.54, 1.807) is 0 Å². The first kappa shape index (κ1) is 37.2. The number of rotatable bonds is 16. The van der Waals surface area contributed by atoms with Crippen LogP contribution in [0.4, 0.5) is 11.4 Å². The quantitative estimate of drug-likeness (QED) is 0.0849. The van der Waals surface area contributed by atoms with Crippen molar-refractivity contribution in [2.24, 2.45) is 5.92 Å². The molecule has 0 aromatic heterocycles. The van der Waals surface area contributed by atoms with E-state index in [1.165, 1.54) is 11.1 Å². The van der Waals surface area contributed by atoms with Gasteiger partial charge in [0.1, 0.15) is 6.54 Å². The van der Waals surface area contributed by atoms with Crippen LogP contribution < -0.4 is 4.90 Å². The van der Waals surface area contributed by atoms with E-state index < -0.39 is 12.0 Å². The molecule has 1 fully saturated rings. The molecule has 1 N–H and O–H groups in total. The summed E-state index contributed by atoms with van der Waals surface area (Å²) in [5.74, 6) is -0.975. The Hall–Kier alpha value is -4.04. The molecule has 2 aliphatic heterocycles. The number of benzene rings is 2. The summed E-state index contributed by atoms with van der Waals surface area (Å²) in [5.41, 5.74) is 6.46. The predicted molar refractivity (Wildman–Crippen MR) is 197 cm³/mol. The number of para-hydroxylation sites is 2. The summed E-state index contributed by atoms with van der Waals surface area (Å²) in [6, 6.07) is 16.7. The van der Waals surface area contributed by atoms with Crippen LogP contribution in [0.25, 0.3) is 0 Å². The molecule has 8 heteroatoms. The third-order valence-corrected chi connectivity index (χ3v) is 10.6. The first-order chi connectivity index (χ1) is 23.9. The highest BCUT2D eigenvalue weighted by Crippen LogP contribution is 2.49. The SMILES string of the molecule is CCOC(=O)CCCCCN1C(=CC2C(=O)C(=CC3=[N+](CCCCCC(=O)OCC)c4ccccc4C3(C)C)C2O)C(C)(C)c2ccccc21. The fraction of sp³-hybridized carbons (Fsp3) is 0.524. The lowest BCUT2D eigenvalue weighted by atomic mass is 9.71. The Morgan fingerprint density at radius 1 is 0.820 bits per heavy atom. The second kappa shape index (κ2) is 15.9. The van der Waals surface area contributed by atoms with Gasteiger partial charge in [-0.3, -0.25) is 14.4 Å². The summed E-state index contributed by atoms with van der Waals surface area (Å²) in [5, 5.41) is 11.6. The first-order valence-corrected chi connectivity index (χ1v) is 18.5. The van der Waals surface area contributed by atoms with Gasteiger partial charge in [-0.25, -0.2) is 0 Å². The molecule has 5 rings (SSSR count). The smallest absolute Gasteiger partial charge is 0.305 e. The van der Waals surface area contributed by atoms with Crippen LogP contribution in [0.3, 0.4) is 0 Å². The number of aliphatic hydroxyl groups is 1. The van der Waals surface area contributed by atoms with Gasteiger partial charge in [0, 0.05) is 65.9 Å². The van der Waals surface area contributed by atoms with Crippen molar-refractivity contribution in [1.29, 1.82) is 0 Å². The first-order valence-electron chi connectivity index (χ1n) is 18.5. The molecule has 2 aromatic carbocycles. The molecule has 2 heterocycles. The minimum atomic E-state index is -0.903. The molecule has 8 nitrogen and oxygen atoms in total. The number of anilines is 1. The van der Waals surface area contributed by atoms with Gasteiger partial charge in [0.05, 0.1) is 30.7 Å². The third kappa shape index (κ3) is 7.51. The number of carbonyl (C=O) groups is 3. The van der Waals surface area contributed by atoms with Crippen LogP contribution in [0.15, 0.2) is 72.0 Å². The van der Waals surface area contributed by atoms with Gasteiger partial charge in [-0.05, 0) is 65.0 Å². The standard InChI is InChI=1S/C42H55N2O6/c1-7-49-37(45)23-11-9-17-25-43-33-21-15-13-19-31(33)41(3,4)35(43)27-29-39(47)30(40(29)48)28-36-42(5,6)32-20-14-16-22-34(32)44(36)26-18-10-12-24-38(46)50-8-2/h13-16,19-22,27-29,39,47H,7-12,17-18,23-26H2,1-6H3/q+1. The largest absolute Gasteiger partial charge is 0.466 e. The monoisotopic (exact) mass is 683 g/mol. The number of hydrogen-bond donors (Lipinski definition) is 1. The zero-order chi connectivity index (χ0) is 36.1. The van der Waals surface area contributed by atoms with Crippen LogP contribution in [-0.2, 0) is 34.7 Å². The van der Waals surface area contributed by atoms with E-state index in [4.69, 9.17) is 9.47 Å². The highest BCUT2D eigenvalue weighted by Gasteiger charge is 2.50. The number of allylic oxidation sites excluding steroid dienone is 2. The Morgan fingerprint density at radius 2 is 1.42 bits per heavy atom. The van der Waals surface area contributed by atoms with Crippen molar-refractivity contribution in [2.45, 2.75) is 110 Å². The van der Waals surface area contributed by atoms with Crippen molar-refractivity contribution >= 4 is 34.8 Å². The number of Topliss-reactive ketones (excluding diaryl/α,β-unsaturated/α-hetero) is 1. The van der Waals surface area contributed by atoms with E-state index in [-0.39, 0.29) is 28.6 Å². The molecular weight excluding hydrogens is 628 g/mol. The highest BCUT2D eigenvalue weighted by atomic mass is 16.5. The number of esters is 2. The molecule has 0 spiro atoms. The Bertz CT molecular complexity index is 1680. The number of aliphatic hydroxyl groups excluding tert-OH is 1. The minimum absolute atomic E-state index is 0.0419. The minimum Gasteiger partial charge on any atom is -0.466 e. The lowest BCUT2D eigenvalue weighted by Crippen LogP contribution is -2.46. The maximum absolute atomic E-state index is 14.0. The van der Waals surface area contributed by atoms with Crippen molar-refractivity contribution in [3.8, 4) is 0 Å². The van der Waals surface area contributed by atoms with Crippen LogP contribution in [0.1, 0.15) is 104 Å². The number of carbonyl (C=O) groups excluding carboxylic acids is 3. The lowest BCUT2D eigenvalue weighted by Gasteiger charge is -2.35. The molecule has 50 heavy (non-hydrogen) atoms. The maximum atomic E-state index is 14.0. The van der Waals surface area contributed by atoms with Crippen molar-refractivity contribution in [3.63, 3.8) is 0 Å². The zero-order valence-electron chi connectivity index (χ0n) is 30.8. The van der Waals surface area contributed by atoms with E-state index >= 15 is 0 Å². The fourth-order valence-corrected chi connectivity index (χ4v) is 7.84. The van der Waals surface area contributed by atoms with Gasteiger partial charge in [0.2, 0.25) is 5.69 Å². The number of unbranched alkanes of at least 4 members (excludes halogenated alkanes) is 4. The third-order valence-electron chi connectivity index (χ3n) is 10.6. The normalized spacial score (nSPS) is 21.7. The van der Waals surface area contributed by atoms with Gasteiger partial charge in [-0.1, -0.05) is 62.7 Å². The maximum Gasteiger partial charge on any atom is 0.305 e. The average Bonchev–Trinajstić information content (AvgIpc) is 3.44. The van der Waals surface area contributed by atoms with Gasteiger partial charge in [0.15, 0.2) is 11.5 Å². The summed E-state index contributed by atoms with van der Waals surface area (Å²) in [6.45, 7) is 14.7. The van der Waals surface area contributed by atoms with Crippen LogP contribution in [-0.4, -0.2) is 65.5 Å². The molecule has 268 valence electrons. The van der Waals surface area contributed by atoms with Gasteiger partial charge < -0.3 is 19.5 Å². The molecular formula is C42H55N2O6+. The Morgan fingerprint density at radius 3 is 2.06 bits per heavy atom. The van der Waals surface area contributed by atoms with Gasteiger partial charge >= 0.3 is 11.9 Å². The predicted octanol–water partition coefficient (Wildman–Crippen LogP) is 7.48. The summed E-state index contributed by atoms with van der Waals surface area (Å²) in [7, 11) is 0. The van der Waals surface area contributed by atoms with Gasteiger partial charge in [-0.2, -0.15) is 4.58 Å². The van der Waals surface area contributed by atoms with Crippen molar-refractivity contribution < 1.29 is 33.5 Å². The number of nitrogens with zero attached hydrogens (tertiary/aromatic N) is 2. The summed E-state index contributed by atoms with van der Waals surface area (Å²) in [4.78, 5) is 39.9. The zero-order valence-corrected chi connectivity index (χ0v) is 30.8. The molecule has 0 saturated heterocycles. The highest BCUT2D eigenvalue weighted by molar-refractivity contribution is 6.14. The molecule has 3 aliphatic rings. The molecule has 2 atom stereocenters. The van der Waals surface area contributed by atoms with Crippen molar-refractivity contribution in [1.82, 2.24) is 0 Å². The number of ketones is 1. The van der Waals surface area contributed by atoms with E-state index in [9.17, 15) is 19.5 Å². The van der Waals surface area contributed by atoms with Gasteiger partial charge in [-0.15, -0.1) is 0 Å². The summed E-state index contributed by atoms with van der Waals surface area (Å²) in [6.07, 6.45) is 8.98. The average molecular weight is 684 g/mol. The Balaban J connectivity index is 1.35. The Kier molecular flexibility index (Phi) is 11.8. The number of fused-ring (bicyclic) bond motifs is 2. The summed E-state index contributed by atoms with van der Waals surface area (Å²) < 4.78 is 12.5. The molecule has 2 aromatic rings. The van der Waals surface area contributed by atoms with Crippen molar-refractivity contribution in [2.75, 3.05) is 31.2 Å². The van der Waals surface area contributed by atoms with E-state index in [0.29, 0.717) is 31.6 Å². The number of hydrogen-bond acceptors (Lipinski definition) is 7. The van der Waals surface area contributed by atoms with Crippen LogP contribution in [0.5, 0.6) is 0 Å². The van der Waals surface area contributed by atoms with Crippen LogP contribution in [0.2, 0.25) is 0 Å². The van der Waals surface area contributed by atoms with Crippen molar-refractivity contribution in [3.05, 3.63) is 83.1 Å². The fourth-order valence-electron chi connectivity index (χ4n) is 7.84. The molecule has 1 aliphatic carbocycles. The molecule has 0 radical (unpaired) electrons. The van der Waals surface area contributed by atoms with Gasteiger partial charge in [0.25, 0.3) is 0 Å². The Labute approximate surface area is 297 Å². The second-order valence-corrected chi connectivity index (χ2v) is 14.7. The van der Waals surface area contributed by atoms with E-state index in [0.717, 1.165) is 74.4 Å². The topological polar surface area (TPSA) is 96.2 Å². The molecule has 0 bridgehead atoms. The lowest BCUT2D eigenvalue weighted by molar-refractivity contribution is -0.438. The molecule has 2 unspecified atom stereocenters. The summed E-state index contributed by atoms with van der Waals surface area (Å²) >= 11 is 0. The molecule has 1 saturated carbocycles. The van der Waals surface area contributed by atoms with E-state index in [2.05, 4.69) is 67.5 Å².